The average molecular weight is 263 g/mol. The second-order valence-corrected chi connectivity index (χ2v) is 4.50. The Hall–Kier alpha value is -0.320. The van der Waals surface area contributed by atoms with E-state index in [1.54, 1.807) is 13.2 Å². The summed E-state index contributed by atoms with van der Waals surface area (Å²) in [6.07, 6.45) is 0.707. The average Bonchev–Trinajstić information content (AvgIpc) is 2.27. The minimum Gasteiger partial charge on any atom is -0.380 e. The van der Waals surface area contributed by atoms with Crippen LogP contribution in [0.5, 0.6) is 0 Å². The minimum atomic E-state index is 0.0109. The molecular weight excluding hydrogens is 247 g/mol. The van der Waals surface area contributed by atoms with Crippen LogP contribution in [0.3, 0.4) is 0 Å². The van der Waals surface area contributed by atoms with Crippen LogP contribution in [-0.2, 0) is 11.2 Å². The molecule has 0 bridgehead atoms. The van der Waals surface area contributed by atoms with Crippen LogP contribution in [0.15, 0.2) is 18.2 Å². The summed E-state index contributed by atoms with van der Waals surface area (Å²) in [7, 11) is 1.65. The van der Waals surface area contributed by atoms with Gasteiger partial charge in [0.15, 0.2) is 0 Å². The number of nitrogens with two attached hydrogens (primary N) is 1. The monoisotopic (exact) mass is 262 g/mol. The number of ether oxygens (including phenoxy) is 1. The van der Waals surface area contributed by atoms with E-state index in [1.165, 1.54) is 0 Å². The Kier molecular flexibility index (Phi) is 5.52. The van der Waals surface area contributed by atoms with Gasteiger partial charge in [0.05, 0.1) is 12.1 Å². The van der Waals surface area contributed by atoms with Gasteiger partial charge in [-0.2, -0.15) is 0 Å². The first-order valence-corrected chi connectivity index (χ1v) is 5.77. The molecule has 2 unspecified atom stereocenters. The highest BCUT2D eigenvalue weighted by Gasteiger charge is 2.17. The van der Waals surface area contributed by atoms with Crippen LogP contribution in [0.4, 0.5) is 0 Å². The molecule has 0 heterocycles. The van der Waals surface area contributed by atoms with Crippen LogP contribution < -0.4 is 11.3 Å². The first-order chi connectivity index (χ1) is 7.58. The lowest BCUT2D eigenvalue weighted by Gasteiger charge is -2.22. The second-order valence-electron chi connectivity index (χ2n) is 3.65. The third-order valence-electron chi connectivity index (χ3n) is 2.61. The third-order valence-corrected chi connectivity index (χ3v) is 3.19. The summed E-state index contributed by atoms with van der Waals surface area (Å²) in [4.78, 5) is 0. The highest BCUT2D eigenvalue weighted by Crippen LogP contribution is 2.22. The van der Waals surface area contributed by atoms with E-state index in [9.17, 15) is 0 Å². The van der Waals surface area contributed by atoms with Gasteiger partial charge in [-0.05, 0) is 31.0 Å². The van der Waals surface area contributed by atoms with Crippen LogP contribution in [0.25, 0.3) is 0 Å². The molecule has 5 heteroatoms. The minimum absolute atomic E-state index is 0.0109. The van der Waals surface area contributed by atoms with Crippen molar-refractivity contribution in [3.63, 3.8) is 0 Å². The molecule has 0 aliphatic rings. The lowest BCUT2D eigenvalue weighted by atomic mass is 10.0. The van der Waals surface area contributed by atoms with Crippen molar-refractivity contribution in [2.24, 2.45) is 5.84 Å². The Bertz CT molecular complexity index is 347. The van der Waals surface area contributed by atoms with Crippen LogP contribution in [0.1, 0.15) is 12.5 Å². The number of hydrazine groups is 1. The largest absolute Gasteiger partial charge is 0.380 e. The SMILES string of the molecule is COC(C)C(Cc1ccc(Cl)cc1Cl)NN. The van der Waals surface area contributed by atoms with Crippen molar-refractivity contribution in [1.29, 1.82) is 0 Å². The van der Waals surface area contributed by atoms with Gasteiger partial charge in [-0.15, -0.1) is 0 Å². The first kappa shape index (κ1) is 13.7. The van der Waals surface area contributed by atoms with Crippen LogP contribution in [-0.4, -0.2) is 19.3 Å². The van der Waals surface area contributed by atoms with Gasteiger partial charge in [0.25, 0.3) is 0 Å². The highest BCUT2D eigenvalue weighted by atomic mass is 35.5. The Labute approximate surface area is 106 Å². The lowest BCUT2D eigenvalue weighted by molar-refractivity contribution is 0.0831. The summed E-state index contributed by atoms with van der Waals surface area (Å²) in [6.45, 7) is 1.95. The topological polar surface area (TPSA) is 47.3 Å². The first-order valence-electron chi connectivity index (χ1n) is 5.01. The zero-order valence-corrected chi connectivity index (χ0v) is 10.8. The molecule has 90 valence electrons. The standard InChI is InChI=1S/C11H16Cl2N2O/c1-7(16-2)11(15-14)5-8-3-4-9(12)6-10(8)13/h3-4,6-7,11,15H,5,14H2,1-2H3. The van der Waals surface area contributed by atoms with E-state index in [0.29, 0.717) is 16.5 Å². The highest BCUT2D eigenvalue weighted by molar-refractivity contribution is 6.35. The summed E-state index contributed by atoms with van der Waals surface area (Å²) in [5.41, 5.74) is 3.72. The van der Waals surface area contributed by atoms with E-state index >= 15 is 0 Å². The van der Waals surface area contributed by atoms with Gasteiger partial charge in [-0.25, -0.2) is 0 Å². The molecule has 0 aliphatic heterocycles. The van der Waals surface area contributed by atoms with Crippen molar-refractivity contribution < 1.29 is 4.74 Å². The predicted octanol–water partition coefficient (Wildman–Crippen LogP) is 2.40. The maximum atomic E-state index is 6.08. The number of hydrogen-bond donors (Lipinski definition) is 2. The fourth-order valence-corrected chi connectivity index (χ4v) is 1.93. The normalized spacial score (nSPS) is 14.8. The smallest absolute Gasteiger partial charge is 0.0712 e. The number of nitrogens with one attached hydrogen (secondary N) is 1. The summed E-state index contributed by atoms with van der Waals surface area (Å²) >= 11 is 11.9. The quantitative estimate of drug-likeness (QED) is 0.633. The molecule has 1 aromatic rings. The molecule has 0 fully saturated rings. The molecular formula is C11H16Cl2N2O. The van der Waals surface area contributed by atoms with Crippen molar-refractivity contribution in [2.45, 2.75) is 25.5 Å². The number of methoxy groups -OCH3 is 1. The van der Waals surface area contributed by atoms with Crippen molar-refractivity contribution in [2.75, 3.05) is 7.11 Å². The number of halogens is 2. The Balaban J connectivity index is 2.78. The summed E-state index contributed by atoms with van der Waals surface area (Å²) in [5.74, 6) is 5.48. The Morgan fingerprint density at radius 1 is 1.44 bits per heavy atom. The Morgan fingerprint density at radius 2 is 2.12 bits per heavy atom. The molecule has 2 atom stereocenters. The maximum absolute atomic E-state index is 6.08. The van der Waals surface area contributed by atoms with E-state index in [4.69, 9.17) is 33.8 Å². The molecule has 0 radical (unpaired) electrons. The van der Waals surface area contributed by atoms with Gasteiger partial charge in [-0.3, -0.25) is 11.3 Å². The van der Waals surface area contributed by atoms with Gasteiger partial charge in [-0.1, -0.05) is 29.3 Å². The third kappa shape index (κ3) is 3.61. The van der Waals surface area contributed by atoms with Crippen molar-refractivity contribution in [3.8, 4) is 0 Å². The van der Waals surface area contributed by atoms with Crippen LogP contribution in [0, 0.1) is 0 Å². The molecule has 0 aromatic heterocycles. The second kappa shape index (κ2) is 6.42. The van der Waals surface area contributed by atoms with E-state index in [-0.39, 0.29) is 12.1 Å². The fraction of sp³-hybridized carbons (Fsp3) is 0.455. The fourth-order valence-electron chi connectivity index (χ4n) is 1.45. The van der Waals surface area contributed by atoms with Crippen molar-refractivity contribution in [3.05, 3.63) is 33.8 Å². The van der Waals surface area contributed by atoms with Gasteiger partial charge in [0.2, 0.25) is 0 Å². The predicted molar refractivity (Wildman–Crippen MR) is 67.7 cm³/mol. The van der Waals surface area contributed by atoms with E-state index < -0.39 is 0 Å². The van der Waals surface area contributed by atoms with Gasteiger partial charge in [0, 0.05) is 17.2 Å². The van der Waals surface area contributed by atoms with Crippen molar-refractivity contribution in [1.82, 2.24) is 5.43 Å². The zero-order valence-electron chi connectivity index (χ0n) is 9.34. The van der Waals surface area contributed by atoms with E-state index in [1.807, 2.05) is 19.1 Å². The number of rotatable bonds is 5. The number of hydrogen-bond acceptors (Lipinski definition) is 3. The molecule has 3 nitrogen and oxygen atoms in total. The summed E-state index contributed by atoms with van der Waals surface area (Å²) in [6, 6.07) is 5.46. The molecule has 0 spiro atoms. The van der Waals surface area contributed by atoms with Crippen LogP contribution in [0.2, 0.25) is 10.0 Å². The van der Waals surface area contributed by atoms with Gasteiger partial charge in [0.1, 0.15) is 0 Å². The molecule has 1 aromatic carbocycles. The molecule has 0 saturated heterocycles. The molecule has 16 heavy (non-hydrogen) atoms. The molecule has 1 rings (SSSR count). The maximum Gasteiger partial charge on any atom is 0.0712 e. The zero-order chi connectivity index (χ0) is 12.1. The molecule has 0 amide bonds. The van der Waals surface area contributed by atoms with E-state index in [0.717, 1.165) is 5.56 Å². The molecule has 0 aliphatic carbocycles. The molecule has 3 N–H and O–H groups in total. The van der Waals surface area contributed by atoms with Crippen molar-refractivity contribution >= 4 is 23.2 Å². The summed E-state index contributed by atoms with van der Waals surface area (Å²) in [5, 5.41) is 1.28. The number of benzene rings is 1. The van der Waals surface area contributed by atoms with Crippen LogP contribution >= 0.6 is 23.2 Å². The van der Waals surface area contributed by atoms with Gasteiger partial charge >= 0.3 is 0 Å². The summed E-state index contributed by atoms with van der Waals surface area (Å²) < 4.78 is 5.23. The lowest BCUT2D eigenvalue weighted by Crippen LogP contribution is -2.45. The van der Waals surface area contributed by atoms with E-state index in [2.05, 4.69) is 5.43 Å². The Morgan fingerprint density at radius 3 is 2.62 bits per heavy atom. The molecule has 0 saturated carbocycles. The van der Waals surface area contributed by atoms with Gasteiger partial charge < -0.3 is 4.74 Å².